The number of hydrazone groups is 1. The van der Waals surface area contributed by atoms with Crippen molar-refractivity contribution in [3.05, 3.63) is 107 Å². The van der Waals surface area contributed by atoms with Gasteiger partial charge in [-0.25, -0.2) is 9.99 Å². The van der Waals surface area contributed by atoms with Crippen LogP contribution >= 0.6 is 11.8 Å². The maximum atomic E-state index is 13.5. The van der Waals surface area contributed by atoms with E-state index in [9.17, 15) is 14.4 Å². The number of aromatic nitrogens is 2. The van der Waals surface area contributed by atoms with Gasteiger partial charge < -0.3 is 4.57 Å². The zero-order valence-electron chi connectivity index (χ0n) is 18.1. The molecule has 0 atom stereocenters. The fraction of sp³-hybridized carbons (Fsp3) is 0.0385. The van der Waals surface area contributed by atoms with Gasteiger partial charge in [0.25, 0.3) is 0 Å². The molecule has 166 valence electrons. The van der Waals surface area contributed by atoms with Crippen molar-refractivity contribution in [2.75, 3.05) is 5.01 Å². The van der Waals surface area contributed by atoms with Crippen molar-refractivity contribution in [3.8, 4) is 0 Å². The van der Waals surface area contributed by atoms with Crippen molar-refractivity contribution in [1.82, 2.24) is 9.55 Å². The van der Waals surface area contributed by atoms with Gasteiger partial charge in [0.2, 0.25) is 11.6 Å². The number of fused-ring (bicyclic) bond motifs is 1. The Hall–Kier alpha value is -4.30. The summed E-state index contributed by atoms with van der Waals surface area (Å²) in [5, 5.41) is 6.39. The fourth-order valence-corrected chi connectivity index (χ4v) is 4.68. The SMILES string of the molecule is Cn1c(C(=O)/C(C=O)=C2/SC(C(=O)c3ccccc3)=NN2c2ccccc2)nc2ccccc21. The molecular weight excluding hydrogens is 448 g/mol. The van der Waals surface area contributed by atoms with Crippen molar-refractivity contribution in [1.29, 1.82) is 0 Å². The van der Waals surface area contributed by atoms with E-state index in [-0.39, 0.29) is 27.3 Å². The molecule has 0 saturated heterocycles. The number of anilines is 1. The van der Waals surface area contributed by atoms with Gasteiger partial charge in [0.05, 0.1) is 22.3 Å². The van der Waals surface area contributed by atoms with Gasteiger partial charge in [0, 0.05) is 12.6 Å². The third kappa shape index (κ3) is 3.74. The van der Waals surface area contributed by atoms with E-state index in [2.05, 4.69) is 10.1 Å². The lowest BCUT2D eigenvalue weighted by Gasteiger charge is -2.16. The third-order valence-corrected chi connectivity index (χ3v) is 6.44. The molecule has 3 aromatic carbocycles. The van der Waals surface area contributed by atoms with Crippen LogP contribution < -0.4 is 5.01 Å². The summed E-state index contributed by atoms with van der Waals surface area (Å²) < 4.78 is 1.66. The molecule has 0 fully saturated rings. The lowest BCUT2D eigenvalue weighted by molar-refractivity contribution is -0.104. The summed E-state index contributed by atoms with van der Waals surface area (Å²) in [6.07, 6.45) is 0.505. The minimum Gasteiger partial charge on any atom is -0.324 e. The summed E-state index contributed by atoms with van der Waals surface area (Å²) >= 11 is 1.00. The van der Waals surface area contributed by atoms with Crippen LogP contribution in [0.5, 0.6) is 0 Å². The highest BCUT2D eigenvalue weighted by molar-refractivity contribution is 8.19. The quantitative estimate of drug-likeness (QED) is 0.136. The van der Waals surface area contributed by atoms with Crippen LogP contribution in [0.1, 0.15) is 21.0 Å². The second-order valence-electron chi connectivity index (χ2n) is 7.50. The number of aldehydes is 1. The van der Waals surface area contributed by atoms with Crippen LogP contribution in [0.15, 0.2) is 101 Å². The fourth-order valence-electron chi connectivity index (χ4n) is 3.68. The van der Waals surface area contributed by atoms with Crippen molar-refractivity contribution in [2.24, 2.45) is 12.1 Å². The Bertz CT molecular complexity index is 1490. The number of allylic oxidation sites excluding steroid dienone is 1. The monoisotopic (exact) mass is 466 g/mol. The normalized spacial score (nSPS) is 14.7. The highest BCUT2D eigenvalue weighted by atomic mass is 32.2. The number of ketones is 2. The van der Waals surface area contributed by atoms with Gasteiger partial charge in [-0.15, -0.1) is 0 Å². The molecule has 5 rings (SSSR count). The number of carbonyl (C=O) groups excluding carboxylic acids is 3. The lowest BCUT2D eigenvalue weighted by Crippen LogP contribution is -2.18. The second-order valence-corrected chi connectivity index (χ2v) is 8.48. The molecule has 0 saturated carbocycles. The first kappa shape index (κ1) is 21.5. The average Bonchev–Trinajstić information content (AvgIpc) is 3.47. The number of aryl methyl sites for hydroxylation is 1. The van der Waals surface area contributed by atoms with Crippen LogP contribution in [0.4, 0.5) is 5.69 Å². The average molecular weight is 467 g/mol. The van der Waals surface area contributed by atoms with Crippen molar-refractivity contribution in [3.63, 3.8) is 0 Å². The van der Waals surface area contributed by atoms with E-state index in [0.717, 1.165) is 17.3 Å². The first-order valence-electron chi connectivity index (χ1n) is 10.5. The van der Waals surface area contributed by atoms with E-state index in [4.69, 9.17) is 0 Å². The molecule has 2 heterocycles. The molecule has 34 heavy (non-hydrogen) atoms. The van der Waals surface area contributed by atoms with Gasteiger partial charge in [0.1, 0.15) is 5.03 Å². The molecule has 7 nitrogen and oxygen atoms in total. The Kier molecular flexibility index (Phi) is 5.65. The molecule has 0 aliphatic carbocycles. The molecular formula is C26H18N4O3S. The smallest absolute Gasteiger partial charge is 0.234 e. The third-order valence-electron chi connectivity index (χ3n) is 5.39. The van der Waals surface area contributed by atoms with Crippen molar-refractivity contribution < 1.29 is 14.4 Å². The number of para-hydroxylation sites is 3. The number of nitrogens with zero attached hydrogens (tertiary/aromatic N) is 4. The molecule has 0 radical (unpaired) electrons. The molecule has 8 heteroatoms. The molecule has 0 spiro atoms. The van der Waals surface area contributed by atoms with Crippen LogP contribution in [0, 0.1) is 0 Å². The van der Waals surface area contributed by atoms with Crippen LogP contribution in [0.3, 0.4) is 0 Å². The summed E-state index contributed by atoms with van der Waals surface area (Å²) in [5.74, 6) is -0.699. The molecule has 0 N–H and O–H groups in total. The molecule has 0 unspecified atom stereocenters. The zero-order chi connectivity index (χ0) is 23.7. The summed E-state index contributed by atoms with van der Waals surface area (Å²) in [5.41, 5.74) is 2.40. The summed E-state index contributed by atoms with van der Waals surface area (Å²) in [7, 11) is 1.73. The maximum absolute atomic E-state index is 13.5. The van der Waals surface area contributed by atoms with Gasteiger partial charge in [0.15, 0.2) is 17.2 Å². The van der Waals surface area contributed by atoms with Gasteiger partial charge in [-0.05, 0) is 36.0 Å². The van der Waals surface area contributed by atoms with Crippen LogP contribution in [0.2, 0.25) is 0 Å². The minimum absolute atomic E-state index is 0.119. The Morgan fingerprint density at radius 1 is 0.882 bits per heavy atom. The van der Waals surface area contributed by atoms with Crippen molar-refractivity contribution >= 4 is 51.4 Å². The Labute approximate surface area is 199 Å². The Morgan fingerprint density at radius 3 is 2.21 bits per heavy atom. The number of rotatable bonds is 6. The Balaban J connectivity index is 1.62. The molecule has 1 aliphatic heterocycles. The first-order chi connectivity index (χ1) is 16.6. The molecule has 0 bridgehead atoms. The topological polar surface area (TPSA) is 84.6 Å². The van der Waals surface area contributed by atoms with E-state index in [0.29, 0.717) is 23.1 Å². The van der Waals surface area contributed by atoms with E-state index in [1.54, 1.807) is 54.1 Å². The van der Waals surface area contributed by atoms with Crippen LogP contribution in [-0.2, 0) is 11.8 Å². The molecule has 0 amide bonds. The van der Waals surface area contributed by atoms with E-state index in [1.165, 1.54) is 5.01 Å². The summed E-state index contributed by atoms with van der Waals surface area (Å²) in [6, 6.07) is 25.2. The largest absolute Gasteiger partial charge is 0.324 e. The highest BCUT2D eigenvalue weighted by Crippen LogP contribution is 2.38. The van der Waals surface area contributed by atoms with Crippen LogP contribution in [0.25, 0.3) is 11.0 Å². The number of thioether (sulfide) groups is 1. The number of hydrogen-bond donors (Lipinski definition) is 0. The predicted molar refractivity (Wildman–Crippen MR) is 133 cm³/mol. The zero-order valence-corrected chi connectivity index (χ0v) is 18.9. The van der Waals surface area contributed by atoms with Gasteiger partial charge in [-0.2, -0.15) is 5.10 Å². The van der Waals surface area contributed by atoms with Gasteiger partial charge in [-0.1, -0.05) is 60.7 Å². The molecule has 1 aromatic heterocycles. The molecule has 4 aromatic rings. The lowest BCUT2D eigenvalue weighted by atomic mass is 10.1. The second kappa shape index (κ2) is 8.92. The number of imidazole rings is 1. The molecule has 1 aliphatic rings. The number of hydrogen-bond acceptors (Lipinski definition) is 7. The van der Waals surface area contributed by atoms with E-state index < -0.39 is 5.78 Å². The highest BCUT2D eigenvalue weighted by Gasteiger charge is 2.34. The van der Waals surface area contributed by atoms with Gasteiger partial charge >= 0.3 is 0 Å². The van der Waals surface area contributed by atoms with E-state index in [1.807, 2.05) is 42.5 Å². The van der Waals surface area contributed by atoms with Crippen molar-refractivity contribution in [2.45, 2.75) is 0 Å². The number of benzene rings is 3. The minimum atomic E-state index is -0.541. The summed E-state index contributed by atoms with van der Waals surface area (Å²) in [6.45, 7) is 0. The standard InChI is InChI=1S/C26H18N4O3S/c1-29-21-15-9-8-14-20(21)27-24(29)23(33)19(16-31)26-30(18-12-6-3-7-13-18)28-25(34-26)22(32)17-10-4-2-5-11-17/h2-16H,1H3/b26-19+. The number of Topliss-reactive ketones (excluding diaryl/α,β-unsaturated/α-hetero) is 2. The van der Waals surface area contributed by atoms with E-state index >= 15 is 0 Å². The van der Waals surface area contributed by atoms with Crippen LogP contribution in [-0.4, -0.2) is 32.4 Å². The Morgan fingerprint density at radius 2 is 1.53 bits per heavy atom. The summed E-state index contributed by atoms with van der Waals surface area (Å²) in [4.78, 5) is 43.3. The van der Waals surface area contributed by atoms with Gasteiger partial charge in [-0.3, -0.25) is 14.4 Å². The first-order valence-corrected chi connectivity index (χ1v) is 11.3. The maximum Gasteiger partial charge on any atom is 0.234 e. The predicted octanol–water partition coefficient (Wildman–Crippen LogP) is 4.62. The number of carbonyl (C=O) groups is 3.